The highest BCUT2D eigenvalue weighted by Crippen LogP contribution is 2.43. The van der Waals surface area contributed by atoms with Gasteiger partial charge in [0, 0.05) is 37.4 Å². The van der Waals surface area contributed by atoms with Crippen molar-refractivity contribution in [2.45, 2.75) is 26.2 Å². The van der Waals surface area contributed by atoms with Gasteiger partial charge in [-0.1, -0.05) is 110 Å². The summed E-state index contributed by atoms with van der Waals surface area (Å²) in [5, 5.41) is 3.68. The van der Waals surface area contributed by atoms with E-state index < -0.39 is 0 Å². The normalized spacial score (nSPS) is 15.7. The van der Waals surface area contributed by atoms with E-state index >= 15 is 0 Å². The first-order valence-corrected chi connectivity index (χ1v) is 19.1. The summed E-state index contributed by atoms with van der Waals surface area (Å²) in [6.07, 6.45) is 10.2. The van der Waals surface area contributed by atoms with Crippen molar-refractivity contribution in [2.75, 3.05) is 4.90 Å². The highest BCUT2D eigenvalue weighted by atomic mass is 32.1. The minimum absolute atomic E-state index is 0.391. The number of allylic oxidation sites excluding steroid dienone is 5. The van der Waals surface area contributed by atoms with Gasteiger partial charge in [-0.25, -0.2) is 0 Å². The second-order valence-corrected chi connectivity index (χ2v) is 15.2. The Labute approximate surface area is 308 Å². The van der Waals surface area contributed by atoms with Gasteiger partial charge in [0.1, 0.15) is 11.2 Å². The second-order valence-electron chi connectivity index (χ2n) is 14.1. The van der Waals surface area contributed by atoms with Crippen LogP contribution in [0, 0.1) is 5.92 Å². The molecule has 1 unspecified atom stereocenters. The van der Waals surface area contributed by atoms with Gasteiger partial charge in [-0.05, 0) is 130 Å². The largest absolute Gasteiger partial charge is 0.456 e. The highest BCUT2D eigenvalue weighted by molar-refractivity contribution is 7.19. The predicted molar refractivity (Wildman–Crippen MR) is 222 cm³/mol. The van der Waals surface area contributed by atoms with Crippen LogP contribution >= 0.6 is 11.3 Å². The molecule has 2 nitrogen and oxygen atoms in total. The number of anilines is 2. The van der Waals surface area contributed by atoms with Gasteiger partial charge in [0.2, 0.25) is 0 Å². The molecular weight excluding hydrogens is 651 g/mol. The predicted octanol–water partition coefficient (Wildman–Crippen LogP) is 14.1. The summed E-state index contributed by atoms with van der Waals surface area (Å²) >= 11 is 1.95. The minimum Gasteiger partial charge on any atom is -0.456 e. The summed E-state index contributed by atoms with van der Waals surface area (Å²) in [5.41, 5.74) is 14.7. The molecule has 2 aliphatic rings. The number of fused-ring (bicyclic) bond motifs is 6. The van der Waals surface area contributed by atoms with Gasteiger partial charge in [0.05, 0.1) is 0 Å². The molecule has 0 saturated carbocycles. The third kappa shape index (κ3) is 5.41. The zero-order valence-corrected chi connectivity index (χ0v) is 29.9. The zero-order chi connectivity index (χ0) is 34.6. The fourth-order valence-electron chi connectivity index (χ4n) is 8.22. The van der Waals surface area contributed by atoms with Crippen LogP contribution in [0.5, 0.6) is 0 Å². The van der Waals surface area contributed by atoms with E-state index in [1.54, 1.807) is 0 Å². The van der Waals surface area contributed by atoms with Gasteiger partial charge in [-0.15, -0.1) is 11.3 Å². The maximum Gasteiger partial charge on any atom is 0.135 e. The summed E-state index contributed by atoms with van der Waals surface area (Å²) < 4.78 is 7.50. The van der Waals surface area contributed by atoms with Gasteiger partial charge in [0.25, 0.3) is 0 Å². The molecule has 2 aromatic heterocycles. The molecular formula is C49H37NOS. The van der Waals surface area contributed by atoms with Gasteiger partial charge in [-0.3, -0.25) is 0 Å². The lowest BCUT2D eigenvalue weighted by Gasteiger charge is -2.32. The number of nitrogens with zero attached hydrogens (tertiary/aromatic N) is 1. The first-order valence-electron chi connectivity index (χ1n) is 18.3. The summed E-state index contributed by atoms with van der Waals surface area (Å²) in [7, 11) is 0. The SMILES string of the molecule is CC1CC(N(c2ccc(C3=Cc4c(sc5ccccc45)CC3)cc2)c2ccc(-c3ccc4oc5ccccc5c4c3)cc2)=CC=C1c1ccccc1. The molecule has 2 aliphatic carbocycles. The molecule has 2 heterocycles. The van der Waals surface area contributed by atoms with E-state index in [1.807, 2.05) is 23.5 Å². The van der Waals surface area contributed by atoms with E-state index in [2.05, 4.69) is 164 Å². The minimum atomic E-state index is 0.391. The summed E-state index contributed by atoms with van der Waals surface area (Å²) in [5.74, 6) is 0.391. The number of hydrogen-bond donors (Lipinski definition) is 0. The van der Waals surface area contributed by atoms with E-state index in [0.29, 0.717) is 5.92 Å². The Bertz CT molecular complexity index is 2710. The van der Waals surface area contributed by atoms with E-state index in [4.69, 9.17) is 4.42 Å². The molecule has 10 rings (SSSR count). The summed E-state index contributed by atoms with van der Waals surface area (Å²) in [6.45, 7) is 2.35. The number of furan rings is 1. The van der Waals surface area contributed by atoms with E-state index in [9.17, 15) is 0 Å². The Morgan fingerprint density at radius 2 is 1.25 bits per heavy atom. The van der Waals surface area contributed by atoms with Crippen molar-refractivity contribution in [3.05, 3.63) is 185 Å². The van der Waals surface area contributed by atoms with Gasteiger partial charge < -0.3 is 9.32 Å². The Balaban J connectivity index is 1.02. The van der Waals surface area contributed by atoms with E-state index in [-0.39, 0.29) is 0 Å². The van der Waals surface area contributed by atoms with Crippen LogP contribution in [0.2, 0.25) is 0 Å². The molecule has 0 radical (unpaired) electrons. The summed E-state index contributed by atoms with van der Waals surface area (Å²) in [6, 6.07) is 52.8. The number of thiophene rings is 1. The van der Waals surface area contributed by atoms with Gasteiger partial charge in [0.15, 0.2) is 0 Å². The number of aryl methyl sites for hydroxylation is 1. The molecule has 0 saturated heterocycles. The van der Waals surface area contributed by atoms with E-state index in [0.717, 1.165) is 46.9 Å². The molecule has 6 aromatic carbocycles. The Kier molecular flexibility index (Phi) is 7.54. The van der Waals surface area contributed by atoms with Crippen molar-refractivity contribution in [3.63, 3.8) is 0 Å². The molecule has 3 heteroatoms. The standard InChI is InChI=1S/C49H37NOS/c1-32-29-40(25-26-41(32)35-9-3-2-4-10-35)50(38-21-15-33(16-22-38)36-19-27-47-44(30-36)42-11-5-7-13-46(42)51-47)39-23-17-34(18-24-39)37-20-28-49-45(31-37)43-12-6-8-14-48(43)52-49/h2-19,21-27,30-32H,20,28-29H2,1H3. The lowest BCUT2D eigenvalue weighted by Crippen LogP contribution is -2.20. The second kappa shape index (κ2) is 12.7. The van der Waals surface area contributed by atoms with Crippen molar-refractivity contribution in [2.24, 2.45) is 5.92 Å². The number of rotatable bonds is 6. The third-order valence-electron chi connectivity index (χ3n) is 10.9. The van der Waals surface area contributed by atoms with Crippen LogP contribution < -0.4 is 4.90 Å². The smallest absolute Gasteiger partial charge is 0.135 e. The maximum absolute atomic E-state index is 6.11. The molecule has 52 heavy (non-hydrogen) atoms. The molecule has 0 amide bonds. The van der Waals surface area contributed by atoms with Gasteiger partial charge in [-0.2, -0.15) is 0 Å². The van der Waals surface area contributed by atoms with Gasteiger partial charge >= 0.3 is 0 Å². The van der Waals surface area contributed by atoms with Crippen molar-refractivity contribution in [3.8, 4) is 11.1 Å². The highest BCUT2D eigenvalue weighted by Gasteiger charge is 2.23. The van der Waals surface area contributed by atoms with Crippen LogP contribution in [0.15, 0.2) is 168 Å². The van der Waals surface area contributed by atoms with E-state index in [1.165, 1.54) is 65.3 Å². The molecule has 8 aromatic rings. The Hall–Kier alpha value is -5.90. The average Bonchev–Trinajstić information content (AvgIpc) is 3.77. The van der Waals surface area contributed by atoms with Crippen LogP contribution in [-0.4, -0.2) is 0 Å². The quantitative estimate of drug-likeness (QED) is 0.173. The monoisotopic (exact) mass is 687 g/mol. The molecule has 0 aliphatic heterocycles. The molecule has 0 N–H and O–H groups in total. The van der Waals surface area contributed by atoms with Crippen LogP contribution in [0.3, 0.4) is 0 Å². The Morgan fingerprint density at radius 1 is 0.577 bits per heavy atom. The van der Waals surface area contributed by atoms with Crippen LogP contribution in [0.1, 0.15) is 41.3 Å². The lowest BCUT2D eigenvalue weighted by atomic mass is 9.86. The van der Waals surface area contributed by atoms with Crippen LogP contribution in [-0.2, 0) is 6.42 Å². The van der Waals surface area contributed by atoms with Crippen LogP contribution in [0.25, 0.3) is 60.4 Å². The van der Waals surface area contributed by atoms with Crippen molar-refractivity contribution in [1.82, 2.24) is 0 Å². The third-order valence-corrected chi connectivity index (χ3v) is 12.1. The lowest BCUT2D eigenvalue weighted by molar-refractivity contribution is 0.669. The molecule has 1 atom stereocenters. The number of hydrogen-bond acceptors (Lipinski definition) is 3. The fourth-order valence-corrected chi connectivity index (χ4v) is 9.40. The first-order chi connectivity index (χ1) is 25.7. The van der Waals surface area contributed by atoms with Crippen molar-refractivity contribution >= 4 is 72.0 Å². The molecule has 250 valence electrons. The molecule has 0 spiro atoms. The summed E-state index contributed by atoms with van der Waals surface area (Å²) in [4.78, 5) is 3.96. The number of para-hydroxylation sites is 1. The molecule has 0 bridgehead atoms. The topological polar surface area (TPSA) is 16.4 Å². The molecule has 0 fully saturated rings. The number of benzene rings is 6. The Morgan fingerprint density at radius 3 is 2.04 bits per heavy atom. The van der Waals surface area contributed by atoms with Crippen LogP contribution in [0.4, 0.5) is 11.4 Å². The van der Waals surface area contributed by atoms with Crippen molar-refractivity contribution < 1.29 is 4.42 Å². The fraction of sp³-hybridized carbons (Fsp3) is 0.102. The van der Waals surface area contributed by atoms with Crippen molar-refractivity contribution in [1.29, 1.82) is 0 Å². The first kappa shape index (κ1) is 30.9. The average molecular weight is 688 g/mol. The maximum atomic E-state index is 6.11. The zero-order valence-electron chi connectivity index (χ0n) is 29.1.